The van der Waals surface area contributed by atoms with Crippen LogP contribution in [-0.2, 0) is 0 Å². The zero-order valence-corrected chi connectivity index (χ0v) is 20.5. The Morgan fingerprint density at radius 3 is 2.32 bits per heavy atom. The first-order valence-corrected chi connectivity index (χ1v) is 12.1. The van der Waals surface area contributed by atoms with E-state index in [9.17, 15) is 14.9 Å². The van der Waals surface area contributed by atoms with Gasteiger partial charge in [0.05, 0.1) is 17.3 Å². The summed E-state index contributed by atoms with van der Waals surface area (Å²) in [5.74, 6) is 1.34. The molecule has 8 nitrogen and oxygen atoms in total. The Hall–Kier alpha value is -3.50. The molecule has 0 unspecified atom stereocenters. The summed E-state index contributed by atoms with van der Waals surface area (Å²) in [7, 11) is 0. The number of nitro groups is 1. The molecule has 4 aromatic rings. The molecule has 0 fully saturated rings. The Balaban J connectivity index is 1.63. The fourth-order valence-electron chi connectivity index (χ4n) is 3.22. The molecule has 0 aliphatic heterocycles. The normalized spacial score (nSPS) is 10.8. The zero-order valence-electron chi connectivity index (χ0n) is 18.1. The van der Waals surface area contributed by atoms with Gasteiger partial charge in [-0.25, -0.2) is 0 Å². The van der Waals surface area contributed by atoms with Gasteiger partial charge in [0.1, 0.15) is 5.75 Å². The fourth-order valence-corrected chi connectivity index (χ4v) is 4.33. The maximum Gasteiger partial charge on any atom is 0.269 e. The van der Waals surface area contributed by atoms with Crippen molar-refractivity contribution in [3.05, 3.63) is 92.9 Å². The number of nitro benzene ring substituents is 1. The number of halogens is 1. The molecule has 4 rings (SSSR count). The maximum absolute atomic E-state index is 12.7. The monoisotopic (exact) mass is 538 g/mol. The lowest BCUT2D eigenvalue weighted by Crippen LogP contribution is -2.05. The van der Waals surface area contributed by atoms with E-state index in [2.05, 4.69) is 26.1 Å². The molecule has 0 bridgehead atoms. The number of rotatable bonds is 9. The maximum atomic E-state index is 12.7. The third kappa shape index (κ3) is 5.35. The minimum Gasteiger partial charge on any atom is -0.494 e. The van der Waals surface area contributed by atoms with Crippen LogP contribution in [0.5, 0.6) is 5.75 Å². The Bertz CT molecular complexity index is 1310. The van der Waals surface area contributed by atoms with Gasteiger partial charge in [0.15, 0.2) is 16.8 Å². The average molecular weight is 539 g/mol. The number of nitrogens with zero attached hydrogens (tertiary/aromatic N) is 4. The van der Waals surface area contributed by atoms with E-state index >= 15 is 0 Å². The van der Waals surface area contributed by atoms with Crippen LogP contribution >= 0.6 is 27.7 Å². The van der Waals surface area contributed by atoms with E-state index in [0.29, 0.717) is 23.2 Å². The topological polar surface area (TPSA) is 100 Å². The second kappa shape index (κ2) is 10.6. The molecule has 1 aromatic heterocycles. The van der Waals surface area contributed by atoms with Crippen molar-refractivity contribution in [3.8, 4) is 22.8 Å². The van der Waals surface area contributed by atoms with E-state index in [-0.39, 0.29) is 17.2 Å². The summed E-state index contributed by atoms with van der Waals surface area (Å²) < 4.78 is 8.40. The van der Waals surface area contributed by atoms with Gasteiger partial charge in [-0.15, -0.1) is 10.2 Å². The molecule has 0 aliphatic rings. The Labute approximate surface area is 208 Å². The predicted molar refractivity (Wildman–Crippen MR) is 134 cm³/mol. The highest BCUT2D eigenvalue weighted by Gasteiger charge is 2.18. The van der Waals surface area contributed by atoms with Gasteiger partial charge >= 0.3 is 0 Å². The van der Waals surface area contributed by atoms with E-state index in [1.54, 1.807) is 0 Å². The van der Waals surface area contributed by atoms with Crippen LogP contribution < -0.4 is 4.74 Å². The second-order valence-corrected chi connectivity index (χ2v) is 8.95. The first-order chi connectivity index (χ1) is 16.5. The van der Waals surface area contributed by atoms with Crippen molar-refractivity contribution in [3.63, 3.8) is 0 Å². The van der Waals surface area contributed by atoms with Crippen LogP contribution in [0.2, 0.25) is 0 Å². The van der Waals surface area contributed by atoms with Gasteiger partial charge in [0, 0.05) is 33.4 Å². The van der Waals surface area contributed by atoms with Crippen LogP contribution in [0.4, 0.5) is 5.69 Å². The smallest absolute Gasteiger partial charge is 0.269 e. The molecule has 0 saturated carbocycles. The third-order valence-electron chi connectivity index (χ3n) is 4.87. The minimum atomic E-state index is -0.494. The lowest BCUT2D eigenvalue weighted by Gasteiger charge is -2.11. The number of non-ortho nitro benzene ring substituents is 1. The summed E-state index contributed by atoms with van der Waals surface area (Å²) in [5.41, 5.74) is 2.05. The number of aromatic nitrogens is 3. The van der Waals surface area contributed by atoms with E-state index in [0.717, 1.165) is 21.5 Å². The molecular weight excluding hydrogens is 520 g/mol. The van der Waals surface area contributed by atoms with E-state index < -0.39 is 4.92 Å². The SMILES string of the molecule is CCOc1ccc(-n2c(SCC(=O)c3ccc([N+](=O)[O-])cc3)nnc2-c2ccc(Br)cc2)cc1. The number of thioether (sulfide) groups is 1. The van der Waals surface area contributed by atoms with E-state index in [1.165, 1.54) is 36.0 Å². The number of benzene rings is 3. The lowest BCUT2D eigenvalue weighted by molar-refractivity contribution is -0.384. The molecule has 0 saturated heterocycles. The molecular formula is C24H19BrN4O4S. The Morgan fingerprint density at radius 1 is 1.03 bits per heavy atom. The molecule has 34 heavy (non-hydrogen) atoms. The van der Waals surface area contributed by atoms with Crippen molar-refractivity contribution in [2.75, 3.05) is 12.4 Å². The van der Waals surface area contributed by atoms with Crippen LogP contribution in [0.15, 0.2) is 82.4 Å². The zero-order chi connectivity index (χ0) is 24.1. The molecule has 0 aliphatic carbocycles. The molecule has 10 heteroatoms. The predicted octanol–water partition coefficient (Wildman–Crippen LogP) is 5.98. The average Bonchev–Trinajstić information content (AvgIpc) is 3.27. The minimum absolute atomic E-state index is 0.0569. The second-order valence-electron chi connectivity index (χ2n) is 7.09. The summed E-state index contributed by atoms with van der Waals surface area (Å²) in [6.45, 7) is 2.50. The van der Waals surface area contributed by atoms with Gasteiger partial charge in [-0.2, -0.15) is 0 Å². The quantitative estimate of drug-likeness (QED) is 0.112. The summed E-state index contributed by atoms with van der Waals surface area (Å²) in [4.78, 5) is 23.1. The van der Waals surface area contributed by atoms with Crippen molar-refractivity contribution < 1.29 is 14.5 Å². The number of hydrogen-bond acceptors (Lipinski definition) is 7. The molecule has 172 valence electrons. The number of ether oxygens (including phenoxy) is 1. The van der Waals surface area contributed by atoms with Gasteiger partial charge in [-0.3, -0.25) is 19.5 Å². The number of carbonyl (C=O) groups excluding carboxylic acids is 1. The van der Waals surface area contributed by atoms with Crippen LogP contribution in [0.25, 0.3) is 17.1 Å². The fraction of sp³-hybridized carbons (Fsp3) is 0.125. The molecule has 0 amide bonds. The number of ketones is 1. The summed E-state index contributed by atoms with van der Waals surface area (Å²) in [5, 5.41) is 20.1. The first-order valence-electron chi connectivity index (χ1n) is 10.3. The van der Waals surface area contributed by atoms with Gasteiger partial charge in [-0.1, -0.05) is 39.8 Å². The van der Waals surface area contributed by atoms with Crippen molar-refractivity contribution in [1.29, 1.82) is 0 Å². The number of hydrogen-bond donors (Lipinski definition) is 0. The third-order valence-corrected chi connectivity index (χ3v) is 6.33. The van der Waals surface area contributed by atoms with Gasteiger partial charge in [0.25, 0.3) is 5.69 Å². The van der Waals surface area contributed by atoms with Gasteiger partial charge in [-0.05, 0) is 55.5 Å². The van der Waals surface area contributed by atoms with Crippen molar-refractivity contribution in [1.82, 2.24) is 14.8 Å². The molecule has 0 radical (unpaired) electrons. The van der Waals surface area contributed by atoms with Crippen LogP contribution in [0.3, 0.4) is 0 Å². The van der Waals surface area contributed by atoms with Crippen molar-refractivity contribution >= 4 is 39.2 Å². The van der Waals surface area contributed by atoms with Crippen molar-refractivity contribution in [2.24, 2.45) is 0 Å². The molecule has 0 N–H and O–H groups in total. The highest BCUT2D eigenvalue weighted by atomic mass is 79.9. The van der Waals surface area contributed by atoms with Crippen LogP contribution in [-0.4, -0.2) is 37.8 Å². The largest absolute Gasteiger partial charge is 0.494 e. The summed E-state index contributed by atoms with van der Waals surface area (Å²) in [6, 6.07) is 20.9. The molecule has 0 atom stereocenters. The number of carbonyl (C=O) groups is 1. The Kier molecular flexibility index (Phi) is 7.39. The molecule has 3 aromatic carbocycles. The van der Waals surface area contributed by atoms with Crippen LogP contribution in [0.1, 0.15) is 17.3 Å². The Morgan fingerprint density at radius 2 is 1.71 bits per heavy atom. The van der Waals surface area contributed by atoms with E-state index in [1.807, 2.05) is 60.0 Å². The van der Waals surface area contributed by atoms with Gasteiger partial charge in [0.2, 0.25) is 0 Å². The number of Topliss-reactive ketones (excluding diaryl/α,β-unsaturated/α-hetero) is 1. The van der Waals surface area contributed by atoms with E-state index in [4.69, 9.17) is 4.74 Å². The van der Waals surface area contributed by atoms with Crippen LogP contribution in [0, 0.1) is 10.1 Å². The highest BCUT2D eigenvalue weighted by Crippen LogP contribution is 2.30. The molecule has 1 heterocycles. The lowest BCUT2D eigenvalue weighted by atomic mass is 10.1. The van der Waals surface area contributed by atoms with Gasteiger partial charge < -0.3 is 4.74 Å². The van der Waals surface area contributed by atoms with Crippen molar-refractivity contribution in [2.45, 2.75) is 12.1 Å². The standard InChI is InChI=1S/C24H19BrN4O4S/c1-2-33-21-13-11-19(12-14-21)28-23(17-3-7-18(25)8-4-17)26-27-24(28)34-15-22(30)16-5-9-20(10-6-16)29(31)32/h3-14H,2,15H2,1H3. The summed E-state index contributed by atoms with van der Waals surface area (Å²) >= 11 is 4.70. The summed E-state index contributed by atoms with van der Waals surface area (Å²) in [6.07, 6.45) is 0. The molecule has 0 spiro atoms. The highest BCUT2D eigenvalue weighted by molar-refractivity contribution is 9.10. The first kappa shape index (κ1) is 23.7.